The molecular formula is C18H16N10O. The fourth-order valence-electron chi connectivity index (χ4n) is 2.81. The van der Waals surface area contributed by atoms with E-state index in [9.17, 15) is 4.79 Å². The van der Waals surface area contributed by atoms with E-state index in [1.54, 1.807) is 30.0 Å². The van der Waals surface area contributed by atoms with E-state index in [0.29, 0.717) is 28.5 Å². The lowest BCUT2D eigenvalue weighted by atomic mass is 10.2. The molecule has 4 rings (SSSR count). The van der Waals surface area contributed by atoms with Crippen LogP contribution in [-0.4, -0.2) is 44.2 Å². The van der Waals surface area contributed by atoms with E-state index >= 15 is 0 Å². The minimum absolute atomic E-state index is 0.102. The summed E-state index contributed by atoms with van der Waals surface area (Å²) in [4.78, 5) is 25.2. The highest BCUT2D eigenvalue weighted by molar-refractivity contribution is 5.94. The lowest BCUT2D eigenvalue weighted by molar-refractivity contribution is 0.253. The van der Waals surface area contributed by atoms with Crippen LogP contribution in [0.1, 0.15) is 0 Å². The van der Waals surface area contributed by atoms with Crippen LogP contribution in [-0.2, 0) is 0 Å². The molecule has 0 fully saturated rings. The number of nitriles is 1. The summed E-state index contributed by atoms with van der Waals surface area (Å²) in [6.07, 6.45) is 4.75. The predicted molar refractivity (Wildman–Crippen MR) is 108 cm³/mol. The van der Waals surface area contributed by atoms with Crippen LogP contribution >= 0.6 is 0 Å². The van der Waals surface area contributed by atoms with Crippen molar-refractivity contribution in [3.63, 3.8) is 0 Å². The molecule has 0 atom stereocenters. The summed E-state index contributed by atoms with van der Waals surface area (Å²) in [6.45, 7) is -0.102. The van der Waals surface area contributed by atoms with Crippen molar-refractivity contribution >= 4 is 45.7 Å². The van der Waals surface area contributed by atoms with Crippen molar-refractivity contribution in [3.05, 3.63) is 42.9 Å². The monoisotopic (exact) mass is 388 g/mol. The van der Waals surface area contributed by atoms with E-state index < -0.39 is 6.03 Å². The van der Waals surface area contributed by atoms with Crippen LogP contribution in [0.3, 0.4) is 0 Å². The zero-order chi connectivity index (χ0) is 20.2. The van der Waals surface area contributed by atoms with Gasteiger partial charge in [-0.2, -0.15) is 14.9 Å². The predicted octanol–water partition coefficient (Wildman–Crippen LogP) is 2.10. The summed E-state index contributed by atoms with van der Waals surface area (Å²) in [5.41, 5.74) is 3.05. The molecule has 0 aliphatic heterocycles. The molecule has 144 valence electrons. The summed E-state index contributed by atoms with van der Waals surface area (Å²) in [7, 11) is 1.76. The van der Waals surface area contributed by atoms with Crippen LogP contribution in [0, 0.1) is 11.3 Å². The fraction of sp³-hybridized carbons (Fsp3) is 0.111. The van der Waals surface area contributed by atoms with E-state index in [-0.39, 0.29) is 6.54 Å². The first kappa shape index (κ1) is 17.9. The highest BCUT2D eigenvalue weighted by Crippen LogP contribution is 2.26. The molecule has 4 N–H and O–H groups in total. The average molecular weight is 388 g/mol. The van der Waals surface area contributed by atoms with Crippen LogP contribution < -0.4 is 21.3 Å². The number of para-hydroxylation sites is 1. The number of anilines is 4. The molecule has 11 heteroatoms. The van der Waals surface area contributed by atoms with E-state index in [0.717, 1.165) is 11.2 Å². The summed E-state index contributed by atoms with van der Waals surface area (Å²) in [5, 5.41) is 24.2. The van der Waals surface area contributed by atoms with Gasteiger partial charge in [0, 0.05) is 25.5 Å². The van der Waals surface area contributed by atoms with E-state index in [2.05, 4.69) is 41.3 Å². The molecule has 11 nitrogen and oxygen atoms in total. The lowest BCUT2D eigenvalue weighted by Gasteiger charge is -2.11. The van der Waals surface area contributed by atoms with Gasteiger partial charge in [0.15, 0.2) is 5.65 Å². The largest absolute Gasteiger partial charge is 0.373 e. The van der Waals surface area contributed by atoms with Gasteiger partial charge in [-0.1, -0.05) is 6.07 Å². The minimum atomic E-state index is -0.517. The van der Waals surface area contributed by atoms with Crippen LogP contribution in [0.2, 0.25) is 0 Å². The quantitative estimate of drug-likeness (QED) is 0.380. The van der Waals surface area contributed by atoms with Gasteiger partial charge >= 0.3 is 6.03 Å². The Morgan fingerprint density at radius 2 is 2.10 bits per heavy atom. The number of fused-ring (bicyclic) bond motifs is 2. The number of urea groups is 1. The van der Waals surface area contributed by atoms with Gasteiger partial charge in [-0.15, -0.1) is 0 Å². The standard InChI is InChI=1S/C18H16N10O/c1-20-15-9-14(25-12-4-2-3-11-16(12)22-8-7-21-11)27-17-13(10-24-28(15)17)26-18(29)23-6-5-19/h2-4,7-10,20H,6H2,1H3,(H,25,27)(H2,23,26,29). The molecule has 0 spiro atoms. The van der Waals surface area contributed by atoms with E-state index in [1.807, 2.05) is 24.3 Å². The third-order valence-electron chi connectivity index (χ3n) is 4.07. The van der Waals surface area contributed by atoms with Gasteiger partial charge in [0.25, 0.3) is 0 Å². The zero-order valence-corrected chi connectivity index (χ0v) is 15.3. The zero-order valence-electron chi connectivity index (χ0n) is 15.3. The molecule has 0 unspecified atom stereocenters. The number of hydrogen-bond acceptors (Lipinski definition) is 8. The summed E-state index contributed by atoms with van der Waals surface area (Å²) in [6, 6.07) is 8.75. The second-order valence-corrected chi connectivity index (χ2v) is 5.89. The number of hydrogen-bond donors (Lipinski definition) is 4. The Kier molecular flexibility index (Phi) is 4.73. The molecule has 4 aromatic rings. The number of nitrogens with one attached hydrogen (secondary N) is 4. The van der Waals surface area contributed by atoms with Crippen molar-refractivity contribution in [1.29, 1.82) is 5.26 Å². The van der Waals surface area contributed by atoms with Crippen molar-refractivity contribution in [2.75, 3.05) is 29.5 Å². The molecule has 29 heavy (non-hydrogen) atoms. The van der Waals surface area contributed by atoms with Crippen molar-refractivity contribution in [2.45, 2.75) is 0 Å². The minimum Gasteiger partial charge on any atom is -0.373 e. The molecule has 3 heterocycles. The van der Waals surface area contributed by atoms with Crippen molar-refractivity contribution in [1.82, 2.24) is 29.9 Å². The molecule has 0 saturated heterocycles. The normalized spacial score (nSPS) is 10.5. The van der Waals surface area contributed by atoms with Gasteiger partial charge in [0.1, 0.15) is 29.4 Å². The topological polar surface area (TPSA) is 145 Å². The molecule has 0 aliphatic carbocycles. The number of carbonyl (C=O) groups excluding carboxylic acids is 1. The third kappa shape index (κ3) is 3.54. The molecule has 2 amide bonds. The number of rotatable bonds is 5. The summed E-state index contributed by atoms with van der Waals surface area (Å²) >= 11 is 0. The maximum absolute atomic E-state index is 11.9. The molecule has 0 aliphatic rings. The van der Waals surface area contributed by atoms with E-state index in [4.69, 9.17) is 5.26 Å². The Labute approximate surface area is 164 Å². The SMILES string of the molecule is CNc1cc(Nc2cccc3nccnc23)nc2c(NC(=O)NCC#N)cnn12. The lowest BCUT2D eigenvalue weighted by Crippen LogP contribution is -2.28. The van der Waals surface area contributed by atoms with E-state index in [1.165, 1.54) is 6.20 Å². The number of aromatic nitrogens is 5. The molecular weight excluding hydrogens is 372 g/mol. The Morgan fingerprint density at radius 3 is 2.93 bits per heavy atom. The van der Waals surface area contributed by atoms with Crippen molar-refractivity contribution in [2.24, 2.45) is 0 Å². The maximum atomic E-state index is 11.9. The first-order chi connectivity index (χ1) is 14.2. The second kappa shape index (κ2) is 7.65. The Bertz CT molecular complexity index is 1240. The maximum Gasteiger partial charge on any atom is 0.320 e. The molecule has 0 saturated carbocycles. The Morgan fingerprint density at radius 1 is 1.24 bits per heavy atom. The first-order valence-corrected chi connectivity index (χ1v) is 8.64. The molecule has 3 aromatic heterocycles. The van der Waals surface area contributed by atoms with Gasteiger partial charge in [-0.25, -0.2) is 9.78 Å². The number of amides is 2. The number of nitrogens with zero attached hydrogens (tertiary/aromatic N) is 6. The average Bonchev–Trinajstić information content (AvgIpc) is 3.14. The first-order valence-electron chi connectivity index (χ1n) is 8.64. The molecule has 0 radical (unpaired) electrons. The van der Waals surface area contributed by atoms with Crippen LogP contribution in [0.5, 0.6) is 0 Å². The Hall–Kier alpha value is -4.46. The van der Waals surface area contributed by atoms with Crippen LogP contribution in [0.4, 0.5) is 27.8 Å². The summed E-state index contributed by atoms with van der Waals surface area (Å²) < 4.78 is 1.56. The van der Waals surface area contributed by atoms with Gasteiger partial charge in [-0.3, -0.25) is 9.97 Å². The second-order valence-electron chi connectivity index (χ2n) is 5.89. The fourth-order valence-corrected chi connectivity index (χ4v) is 2.81. The highest BCUT2D eigenvalue weighted by Gasteiger charge is 2.14. The van der Waals surface area contributed by atoms with Gasteiger partial charge < -0.3 is 21.3 Å². The third-order valence-corrected chi connectivity index (χ3v) is 4.07. The van der Waals surface area contributed by atoms with Gasteiger partial charge in [0.2, 0.25) is 0 Å². The smallest absolute Gasteiger partial charge is 0.320 e. The van der Waals surface area contributed by atoms with Crippen molar-refractivity contribution in [3.8, 4) is 6.07 Å². The number of carbonyl (C=O) groups is 1. The Balaban J connectivity index is 1.72. The highest BCUT2D eigenvalue weighted by atomic mass is 16.2. The van der Waals surface area contributed by atoms with Crippen LogP contribution in [0.15, 0.2) is 42.9 Å². The van der Waals surface area contributed by atoms with Crippen LogP contribution in [0.25, 0.3) is 16.7 Å². The van der Waals surface area contributed by atoms with Gasteiger partial charge in [-0.05, 0) is 12.1 Å². The van der Waals surface area contributed by atoms with Gasteiger partial charge in [0.05, 0.1) is 23.5 Å². The summed E-state index contributed by atoms with van der Waals surface area (Å²) in [5.74, 6) is 1.19. The molecule has 0 bridgehead atoms. The molecule has 1 aromatic carbocycles. The number of benzene rings is 1. The van der Waals surface area contributed by atoms with Crippen molar-refractivity contribution < 1.29 is 4.79 Å².